The summed E-state index contributed by atoms with van der Waals surface area (Å²) in [5, 5.41) is 0.157. The molecule has 0 aromatic rings. The van der Waals surface area contributed by atoms with E-state index in [0.717, 1.165) is 19.3 Å². The molecule has 1 spiro atoms. The molecule has 1 saturated carbocycles. The summed E-state index contributed by atoms with van der Waals surface area (Å²) < 4.78 is 12.3. The first kappa shape index (κ1) is 17.9. The number of esters is 1. The van der Waals surface area contributed by atoms with E-state index >= 15 is 0 Å². The van der Waals surface area contributed by atoms with Crippen LogP contribution in [0.1, 0.15) is 40.0 Å². The van der Waals surface area contributed by atoms with E-state index in [1.165, 1.54) is 0 Å². The molecule has 0 radical (unpaired) electrons. The highest BCUT2D eigenvalue weighted by Gasteiger charge is 2.62. The minimum Gasteiger partial charge on any atom is -0.465 e. The van der Waals surface area contributed by atoms with Crippen LogP contribution in [0.15, 0.2) is 24.8 Å². The van der Waals surface area contributed by atoms with Crippen molar-refractivity contribution in [1.82, 2.24) is 0 Å². The number of rotatable bonds is 3. The van der Waals surface area contributed by atoms with Gasteiger partial charge in [0.1, 0.15) is 0 Å². The fraction of sp³-hybridized carbons (Fsp3) is 0.750. The number of cyclic esters (lactones) is 1. The SMILES string of the molecule is C=C[C@H]1CC[C@H]2C=CC(O[Si](C)(C)C(C)(C)C)[C@@H]3COC(=O)[C@]23C1. The standard InChI is InChI=1S/C20H32O3Si/c1-7-14-8-9-15-10-11-17(23-24(5,6)19(2,3)4)16-13-22-18(21)20(15,16)12-14/h7,10-11,14-17H,1,8-9,12-13H2,2-6H3/t14-,15-,16-,17?,20+/m0/s1. The summed E-state index contributed by atoms with van der Waals surface area (Å²) in [5.74, 6) is 0.858. The summed E-state index contributed by atoms with van der Waals surface area (Å²) >= 11 is 0. The summed E-state index contributed by atoms with van der Waals surface area (Å²) in [6.45, 7) is 15.8. The maximum Gasteiger partial charge on any atom is 0.313 e. The largest absolute Gasteiger partial charge is 0.465 e. The number of hydrogen-bond acceptors (Lipinski definition) is 3. The third-order valence-electron chi connectivity index (χ3n) is 7.05. The van der Waals surface area contributed by atoms with Crippen molar-refractivity contribution in [2.75, 3.05) is 6.61 Å². The molecule has 134 valence electrons. The molecule has 2 aliphatic carbocycles. The average Bonchev–Trinajstić information content (AvgIpc) is 2.82. The van der Waals surface area contributed by atoms with E-state index in [0.29, 0.717) is 18.4 Å². The fourth-order valence-corrected chi connectivity index (χ4v) is 5.75. The molecule has 3 nitrogen and oxygen atoms in total. The van der Waals surface area contributed by atoms with Crippen molar-refractivity contribution < 1.29 is 14.0 Å². The minimum atomic E-state index is -1.90. The van der Waals surface area contributed by atoms with E-state index < -0.39 is 8.32 Å². The first-order valence-electron chi connectivity index (χ1n) is 9.28. The highest BCUT2D eigenvalue weighted by atomic mass is 28.4. The van der Waals surface area contributed by atoms with Crippen molar-refractivity contribution >= 4 is 14.3 Å². The highest BCUT2D eigenvalue weighted by molar-refractivity contribution is 6.74. The van der Waals surface area contributed by atoms with E-state index in [2.05, 4.69) is 52.6 Å². The van der Waals surface area contributed by atoms with Gasteiger partial charge in [-0.3, -0.25) is 4.79 Å². The van der Waals surface area contributed by atoms with Crippen LogP contribution in [0.4, 0.5) is 0 Å². The van der Waals surface area contributed by atoms with Crippen molar-refractivity contribution in [3.8, 4) is 0 Å². The Hall–Kier alpha value is -0.873. The Kier molecular flexibility index (Phi) is 4.36. The fourth-order valence-electron chi connectivity index (χ4n) is 4.47. The topological polar surface area (TPSA) is 35.5 Å². The summed E-state index contributed by atoms with van der Waals surface area (Å²) in [6.07, 6.45) is 9.53. The molecule has 0 aromatic carbocycles. The summed E-state index contributed by atoms with van der Waals surface area (Å²) in [4.78, 5) is 12.8. The van der Waals surface area contributed by atoms with Gasteiger partial charge in [0, 0.05) is 5.92 Å². The van der Waals surface area contributed by atoms with Gasteiger partial charge < -0.3 is 9.16 Å². The van der Waals surface area contributed by atoms with E-state index in [4.69, 9.17) is 9.16 Å². The molecule has 0 N–H and O–H groups in total. The van der Waals surface area contributed by atoms with Crippen molar-refractivity contribution in [2.24, 2.45) is 23.2 Å². The molecule has 5 atom stereocenters. The number of carbonyl (C=O) groups excluding carboxylic acids is 1. The molecule has 3 rings (SSSR count). The maximum atomic E-state index is 12.8. The Labute approximate surface area is 147 Å². The lowest BCUT2D eigenvalue weighted by atomic mass is 9.55. The van der Waals surface area contributed by atoms with Crippen molar-refractivity contribution in [3.63, 3.8) is 0 Å². The molecule has 0 aromatic heterocycles. The minimum absolute atomic E-state index is 0.00256. The third kappa shape index (κ3) is 2.62. The maximum absolute atomic E-state index is 12.8. The highest BCUT2D eigenvalue weighted by Crippen LogP contribution is 2.57. The lowest BCUT2D eigenvalue weighted by Gasteiger charge is -2.49. The van der Waals surface area contributed by atoms with Gasteiger partial charge in [0.05, 0.1) is 18.1 Å². The molecule has 24 heavy (non-hydrogen) atoms. The zero-order chi connectivity index (χ0) is 17.8. The van der Waals surface area contributed by atoms with Crippen molar-refractivity contribution in [3.05, 3.63) is 24.8 Å². The van der Waals surface area contributed by atoms with Crippen molar-refractivity contribution in [1.29, 1.82) is 0 Å². The van der Waals surface area contributed by atoms with Crippen LogP contribution in [0, 0.1) is 23.2 Å². The Morgan fingerprint density at radius 2 is 2.04 bits per heavy atom. The van der Waals surface area contributed by atoms with Crippen molar-refractivity contribution in [2.45, 2.75) is 64.3 Å². The van der Waals surface area contributed by atoms with Gasteiger partial charge in [-0.1, -0.05) is 39.0 Å². The molecule has 0 amide bonds. The van der Waals surface area contributed by atoms with Crippen LogP contribution in [0.5, 0.6) is 0 Å². The number of carbonyl (C=O) groups is 1. The average molecular weight is 349 g/mol. The van der Waals surface area contributed by atoms with Crippen LogP contribution >= 0.6 is 0 Å². The normalized spacial score (nSPS) is 39.1. The van der Waals surface area contributed by atoms with Gasteiger partial charge in [-0.05, 0) is 49.2 Å². The van der Waals surface area contributed by atoms with Gasteiger partial charge in [-0.15, -0.1) is 6.58 Å². The van der Waals surface area contributed by atoms with Gasteiger partial charge >= 0.3 is 5.97 Å². The lowest BCUT2D eigenvalue weighted by molar-refractivity contribution is -0.152. The Balaban J connectivity index is 1.93. The molecule has 0 bridgehead atoms. The molecule has 1 saturated heterocycles. The van der Waals surface area contributed by atoms with Crippen LogP contribution in [0.3, 0.4) is 0 Å². The first-order chi connectivity index (χ1) is 11.1. The van der Waals surface area contributed by atoms with Gasteiger partial charge in [0.2, 0.25) is 0 Å². The number of hydrogen-bond donors (Lipinski definition) is 0. The molecule has 1 heterocycles. The van der Waals surface area contributed by atoms with Gasteiger partial charge in [0.15, 0.2) is 8.32 Å². The molecule has 1 unspecified atom stereocenters. The Morgan fingerprint density at radius 3 is 2.67 bits per heavy atom. The lowest BCUT2D eigenvalue weighted by Crippen LogP contribution is -2.54. The van der Waals surface area contributed by atoms with Crippen LogP contribution < -0.4 is 0 Å². The van der Waals surface area contributed by atoms with Gasteiger partial charge in [-0.25, -0.2) is 0 Å². The summed E-state index contributed by atoms with van der Waals surface area (Å²) in [6, 6.07) is 0. The second-order valence-electron chi connectivity index (χ2n) is 9.36. The molecule has 2 fully saturated rings. The molecular weight excluding hydrogens is 316 g/mol. The molecular formula is C20H32O3Si. The third-order valence-corrected chi connectivity index (χ3v) is 11.5. The second-order valence-corrected chi connectivity index (χ2v) is 14.1. The predicted molar refractivity (Wildman–Crippen MR) is 99.1 cm³/mol. The Morgan fingerprint density at radius 1 is 1.33 bits per heavy atom. The Bertz CT molecular complexity index is 560. The van der Waals surface area contributed by atoms with E-state index in [9.17, 15) is 4.79 Å². The summed E-state index contributed by atoms with van der Waals surface area (Å²) in [5.41, 5.74) is -0.390. The van der Waals surface area contributed by atoms with E-state index in [-0.39, 0.29) is 28.4 Å². The van der Waals surface area contributed by atoms with Crippen LogP contribution in [-0.2, 0) is 14.0 Å². The molecule has 3 aliphatic rings. The van der Waals surface area contributed by atoms with Gasteiger partial charge in [-0.2, -0.15) is 0 Å². The quantitative estimate of drug-likeness (QED) is 0.421. The van der Waals surface area contributed by atoms with Crippen LogP contribution in [0.2, 0.25) is 18.1 Å². The second kappa shape index (κ2) is 5.84. The number of allylic oxidation sites excluding steroid dienone is 2. The number of ether oxygens (including phenoxy) is 1. The zero-order valence-corrected chi connectivity index (χ0v) is 16.8. The van der Waals surface area contributed by atoms with E-state index in [1.807, 2.05) is 6.08 Å². The zero-order valence-electron chi connectivity index (χ0n) is 15.8. The van der Waals surface area contributed by atoms with E-state index in [1.54, 1.807) is 0 Å². The monoisotopic (exact) mass is 348 g/mol. The first-order valence-corrected chi connectivity index (χ1v) is 12.2. The predicted octanol–water partition coefficient (Wildman–Crippen LogP) is 4.71. The summed E-state index contributed by atoms with van der Waals surface area (Å²) in [7, 11) is -1.90. The molecule has 4 heteroatoms. The van der Waals surface area contributed by atoms with Gasteiger partial charge in [0.25, 0.3) is 0 Å². The smallest absolute Gasteiger partial charge is 0.313 e. The van der Waals surface area contributed by atoms with Crippen LogP contribution in [-0.4, -0.2) is 27.0 Å². The van der Waals surface area contributed by atoms with Crippen LogP contribution in [0.25, 0.3) is 0 Å². The molecule has 1 aliphatic heterocycles.